The van der Waals surface area contributed by atoms with Crippen molar-refractivity contribution in [2.75, 3.05) is 0 Å². The molecule has 4 fully saturated rings. The van der Waals surface area contributed by atoms with Gasteiger partial charge < -0.3 is 5.32 Å². The van der Waals surface area contributed by atoms with Gasteiger partial charge in [0, 0.05) is 6.04 Å². The minimum atomic E-state index is -0.215. The SMILES string of the molecule is CC(C)NC(=O)C12C[C@H]3C[C@@H](C1)CC(n1cnc(Cl)n1)(C3)C2. The lowest BCUT2D eigenvalue weighted by Gasteiger charge is -2.61. The first-order valence-electron chi connectivity index (χ1n) is 8.29. The first-order chi connectivity index (χ1) is 10.4. The van der Waals surface area contributed by atoms with Crippen molar-refractivity contribution >= 4 is 17.5 Å². The maximum atomic E-state index is 12.9. The van der Waals surface area contributed by atoms with Crippen LogP contribution in [0.4, 0.5) is 0 Å². The van der Waals surface area contributed by atoms with Gasteiger partial charge in [-0.15, -0.1) is 5.10 Å². The van der Waals surface area contributed by atoms with Crippen LogP contribution in [0.25, 0.3) is 0 Å². The fraction of sp³-hybridized carbons (Fsp3) is 0.812. The molecule has 5 rings (SSSR count). The Morgan fingerprint density at radius 2 is 2.05 bits per heavy atom. The molecule has 4 atom stereocenters. The maximum absolute atomic E-state index is 12.9. The van der Waals surface area contributed by atoms with Crippen LogP contribution < -0.4 is 5.32 Å². The molecule has 4 aliphatic carbocycles. The third-order valence-corrected chi connectivity index (χ3v) is 6.05. The average molecular weight is 323 g/mol. The van der Waals surface area contributed by atoms with Gasteiger partial charge in [-0.05, 0) is 75.8 Å². The molecule has 6 heteroatoms. The molecule has 0 saturated heterocycles. The van der Waals surface area contributed by atoms with E-state index in [-0.39, 0.29) is 22.9 Å². The van der Waals surface area contributed by atoms with E-state index in [9.17, 15) is 4.79 Å². The van der Waals surface area contributed by atoms with Crippen molar-refractivity contribution < 1.29 is 4.79 Å². The molecule has 0 aromatic carbocycles. The van der Waals surface area contributed by atoms with Crippen LogP contribution >= 0.6 is 11.6 Å². The van der Waals surface area contributed by atoms with Crippen molar-refractivity contribution in [1.82, 2.24) is 20.1 Å². The van der Waals surface area contributed by atoms with Crippen LogP contribution in [-0.4, -0.2) is 26.7 Å². The van der Waals surface area contributed by atoms with E-state index in [2.05, 4.69) is 15.4 Å². The highest BCUT2D eigenvalue weighted by molar-refractivity contribution is 6.28. The second-order valence-corrected chi connectivity index (χ2v) is 8.39. The van der Waals surface area contributed by atoms with Gasteiger partial charge in [0.1, 0.15) is 6.33 Å². The largest absolute Gasteiger partial charge is 0.353 e. The lowest BCUT2D eigenvalue weighted by atomic mass is 9.46. The molecule has 5 nitrogen and oxygen atoms in total. The minimum Gasteiger partial charge on any atom is -0.353 e. The van der Waals surface area contributed by atoms with Gasteiger partial charge in [-0.2, -0.15) is 0 Å². The average Bonchev–Trinajstić information content (AvgIpc) is 2.84. The van der Waals surface area contributed by atoms with E-state index in [1.807, 2.05) is 18.5 Å². The summed E-state index contributed by atoms with van der Waals surface area (Å²) >= 11 is 5.94. The Balaban J connectivity index is 1.70. The summed E-state index contributed by atoms with van der Waals surface area (Å²) in [5.74, 6) is 1.50. The third-order valence-electron chi connectivity index (χ3n) is 5.88. The number of rotatable bonds is 3. The number of hydrogen-bond donors (Lipinski definition) is 1. The molecule has 1 aromatic heterocycles. The van der Waals surface area contributed by atoms with Crippen molar-refractivity contribution in [2.45, 2.75) is 64.0 Å². The second kappa shape index (κ2) is 4.70. The molecule has 1 amide bonds. The molecule has 4 bridgehead atoms. The van der Waals surface area contributed by atoms with Gasteiger partial charge in [-0.3, -0.25) is 4.79 Å². The van der Waals surface area contributed by atoms with Crippen molar-refractivity contribution in [2.24, 2.45) is 17.3 Å². The molecule has 0 radical (unpaired) electrons. The highest BCUT2D eigenvalue weighted by Crippen LogP contribution is 2.64. The van der Waals surface area contributed by atoms with E-state index in [0.29, 0.717) is 17.1 Å². The smallest absolute Gasteiger partial charge is 0.242 e. The maximum Gasteiger partial charge on any atom is 0.242 e. The predicted molar refractivity (Wildman–Crippen MR) is 83.4 cm³/mol. The van der Waals surface area contributed by atoms with Crippen LogP contribution in [0, 0.1) is 17.3 Å². The molecule has 0 aliphatic heterocycles. The first-order valence-corrected chi connectivity index (χ1v) is 8.67. The second-order valence-electron chi connectivity index (χ2n) is 8.05. The zero-order chi connectivity index (χ0) is 15.5. The van der Waals surface area contributed by atoms with Crippen molar-refractivity contribution in [3.63, 3.8) is 0 Å². The van der Waals surface area contributed by atoms with E-state index in [1.54, 1.807) is 6.33 Å². The van der Waals surface area contributed by atoms with Crippen molar-refractivity contribution in [3.05, 3.63) is 11.6 Å². The molecule has 1 aromatic rings. The summed E-state index contributed by atoms with van der Waals surface area (Å²) in [5, 5.41) is 7.86. The van der Waals surface area contributed by atoms with Gasteiger partial charge in [0.05, 0.1) is 11.0 Å². The van der Waals surface area contributed by atoms with E-state index >= 15 is 0 Å². The number of halogens is 1. The van der Waals surface area contributed by atoms with Gasteiger partial charge >= 0.3 is 0 Å². The van der Waals surface area contributed by atoms with E-state index < -0.39 is 0 Å². The van der Waals surface area contributed by atoms with Crippen LogP contribution in [0.3, 0.4) is 0 Å². The topological polar surface area (TPSA) is 59.8 Å². The Kier molecular flexibility index (Phi) is 3.09. The van der Waals surface area contributed by atoms with Gasteiger partial charge in [-0.25, -0.2) is 9.67 Å². The summed E-state index contributed by atoms with van der Waals surface area (Å²) in [7, 11) is 0. The predicted octanol–water partition coefficient (Wildman–Crippen LogP) is 2.75. The molecule has 0 spiro atoms. The van der Waals surface area contributed by atoms with Crippen LogP contribution in [0.5, 0.6) is 0 Å². The van der Waals surface area contributed by atoms with Crippen molar-refractivity contribution in [1.29, 1.82) is 0 Å². The Hall–Kier alpha value is -1.10. The summed E-state index contributed by atoms with van der Waals surface area (Å²) in [6.45, 7) is 4.07. The van der Waals surface area contributed by atoms with E-state index in [0.717, 1.165) is 32.1 Å². The molecule has 1 heterocycles. The number of aromatic nitrogens is 3. The lowest BCUT2D eigenvalue weighted by Crippen LogP contribution is -2.61. The zero-order valence-corrected chi connectivity index (χ0v) is 13.9. The summed E-state index contributed by atoms with van der Waals surface area (Å²) < 4.78 is 1.96. The number of hydrogen-bond acceptors (Lipinski definition) is 3. The normalized spacial score (nSPS) is 39.5. The molecular weight excluding hydrogens is 300 g/mol. The Bertz CT molecular complexity index is 597. The summed E-state index contributed by atoms with van der Waals surface area (Å²) in [4.78, 5) is 17.0. The highest BCUT2D eigenvalue weighted by Gasteiger charge is 2.61. The fourth-order valence-corrected chi connectivity index (χ4v) is 5.76. The summed E-state index contributed by atoms with van der Waals surface area (Å²) in [6.07, 6.45) is 8.19. The summed E-state index contributed by atoms with van der Waals surface area (Å²) in [5.41, 5.74) is -0.272. The fourth-order valence-electron chi connectivity index (χ4n) is 5.63. The third kappa shape index (κ3) is 2.08. The van der Waals surface area contributed by atoms with E-state index in [4.69, 9.17) is 11.6 Å². The first kappa shape index (κ1) is 14.5. The molecule has 22 heavy (non-hydrogen) atoms. The molecule has 1 N–H and O–H groups in total. The Morgan fingerprint density at radius 1 is 1.36 bits per heavy atom. The lowest BCUT2D eigenvalue weighted by molar-refractivity contribution is -0.156. The van der Waals surface area contributed by atoms with Gasteiger partial charge in [0.2, 0.25) is 11.2 Å². The number of nitrogens with zero attached hydrogens (tertiary/aromatic N) is 3. The van der Waals surface area contributed by atoms with Gasteiger partial charge in [0.15, 0.2) is 0 Å². The number of nitrogens with one attached hydrogen (secondary N) is 1. The number of carbonyl (C=O) groups excluding carboxylic acids is 1. The molecule has 4 aliphatic rings. The van der Waals surface area contributed by atoms with Crippen LogP contribution in [0.1, 0.15) is 52.4 Å². The number of carbonyl (C=O) groups is 1. The quantitative estimate of drug-likeness (QED) is 0.930. The standard InChI is InChI=1S/C16H23ClN4O/c1-10(2)19-13(22)15-4-11-3-12(5-15)7-16(6-11,8-15)21-9-18-14(17)20-21/h9-12H,3-8H2,1-2H3,(H,19,22)/t11-,12+,15?,16?. The van der Waals surface area contributed by atoms with Crippen LogP contribution in [0.2, 0.25) is 5.28 Å². The molecular formula is C16H23ClN4O. The molecule has 4 saturated carbocycles. The minimum absolute atomic E-state index is 0.0570. The van der Waals surface area contributed by atoms with Crippen LogP contribution in [0.15, 0.2) is 6.33 Å². The van der Waals surface area contributed by atoms with E-state index in [1.165, 1.54) is 6.42 Å². The van der Waals surface area contributed by atoms with Gasteiger partial charge in [0.25, 0.3) is 0 Å². The zero-order valence-electron chi connectivity index (χ0n) is 13.2. The highest BCUT2D eigenvalue weighted by atomic mass is 35.5. The molecule has 2 unspecified atom stereocenters. The van der Waals surface area contributed by atoms with Crippen LogP contribution in [-0.2, 0) is 10.3 Å². The molecule has 120 valence electrons. The summed E-state index contributed by atoms with van der Waals surface area (Å²) in [6, 6.07) is 0.192. The van der Waals surface area contributed by atoms with Crippen molar-refractivity contribution in [3.8, 4) is 0 Å². The Morgan fingerprint density at radius 3 is 2.59 bits per heavy atom. The number of amides is 1. The Labute approximate surface area is 135 Å². The van der Waals surface area contributed by atoms with Gasteiger partial charge in [-0.1, -0.05) is 0 Å². The monoisotopic (exact) mass is 322 g/mol.